The molecular formula is C20H32N2. The van der Waals surface area contributed by atoms with Crippen LogP contribution in [0, 0.1) is 19.8 Å². The molecule has 22 heavy (non-hydrogen) atoms. The summed E-state index contributed by atoms with van der Waals surface area (Å²) < 4.78 is 0. The number of rotatable bonds is 5. The van der Waals surface area contributed by atoms with Crippen molar-refractivity contribution in [3.63, 3.8) is 0 Å². The van der Waals surface area contributed by atoms with Gasteiger partial charge in [-0.3, -0.25) is 4.90 Å². The molecule has 2 heteroatoms. The first-order chi connectivity index (χ1) is 10.7. The monoisotopic (exact) mass is 300 g/mol. The fourth-order valence-electron chi connectivity index (χ4n) is 4.13. The molecule has 3 rings (SSSR count). The predicted molar refractivity (Wildman–Crippen MR) is 94.2 cm³/mol. The van der Waals surface area contributed by atoms with Crippen LogP contribution in [0.25, 0.3) is 0 Å². The van der Waals surface area contributed by atoms with Crippen LogP contribution in [0.3, 0.4) is 0 Å². The van der Waals surface area contributed by atoms with E-state index in [0.717, 1.165) is 12.5 Å². The van der Waals surface area contributed by atoms with Crippen molar-refractivity contribution in [2.75, 3.05) is 19.6 Å². The molecule has 1 aromatic rings. The molecule has 2 fully saturated rings. The number of benzene rings is 1. The van der Waals surface area contributed by atoms with Gasteiger partial charge in [0.1, 0.15) is 0 Å². The van der Waals surface area contributed by atoms with E-state index in [1.807, 2.05) is 0 Å². The number of hydrogen-bond acceptors (Lipinski definition) is 2. The lowest BCUT2D eigenvalue weighted by molar-refractivity contribution is 0.180. The van der Waals surface area contributed by atoms with Gasteiger partial charge in [0, 0.05) is 19.1 Å². The summed E-state index contributed by atoms with van der Waals surface area (Å²) in [5, 5.41) is 3.86. The highest BCUT2D eigenvalue weighted by molar-refractivity contribution is 5.30. The largest absolute Gasteiger partial charge is 0.312 e. The first kappa shape index (κ1) is 16.0. The Labute approximate surface area is 136 Å². The highest BCUT2D eigenvalue weighted by atomic mass is 15.2. The molecule has 1 unspecified atom stereocenters. The Morgan fingerprint density at radius 3 is 2.73 bits per heavy atom. The lowest BCUT2D eigenvalue weighted by atomic mass is 10.0. The average Bonchev–Trinajstić information content (AvgIpc) is 3.03. The summed E-state index contributed by atoms with van der Waals surface area (Å²) in [6.07, 6.45) is 8.51. The third-order valence-corrected chi connectivity index (χ3v) is 5.57. The van der Waals surface area contributed by atoms with Crippen molar-refractivity contribution in [2.45, 2.75) is 65.0 Å². The number of nitrogens with zero attached hydrogens (tertiary/aromatic N) is 1. The van der Waals surface area contributed by atoms with Crippen molar-refractivity contribution in [3.8, 4) is 0 Å². The third kappa shape index (κ3) is 4.33. The van der Waals surface area contributed by atoms with Gasteiger partial charge in [-0.2, -0.15) is 0 Å². The van der Waals surface area contributed by atoms with Crippen LogP contribution in [0.1, 0.15) is 55.2 Å². The molecule has 1 atom stereocenters. The lowest BCUT2D eigenvalue weighted by Gasteiger charge is -2.34. The summed E-state index contributed by atoms with van der Waals surface area (Å²) in [5.41, 5.74) is 4.33. The third-order valence-electron chi connectivity index (χ3n) is 5.57. The number of nitrogens with one attached hydrogen (secondary N) is 1. The second-order valence-corrected chi connectivity index (χ2v) is 7.56. The molecule has 2 nitrogen and oxygen atoms in total. The van der Waals surface area contributed by atoms with Crippen LogP contribution in [0.5, 0.6) is 0 Å². The number of hydrogen-bond donors (Lipinski definition) is 1. The SMILES string of the molecule is Cc1ccc(C)c(CN2CCCC(NCC3CCCC3)C2)c1. The molecule has 1 aliphatic carbocycles. The van der Waals surface area contributed by atoms with Crippen LogP contribution >= 0.6 is 0 Å². The molecule has 122 valence electrons. The second kappa shape index (κ2) is 7.61. The summed E-state index contributed by atoms with van der Waals surface area (Å²) in [4.78, 5) is 2.65. The van der Waals surface area contributed by atoms with Gasteiger partial charge in [0.15, 0.2) is 0 Å². The van der Waals surface area contributed by atoms with Crippen molar-refractivity contribution >= 4 is 0 Å². The van der Waals surface area contributed by atoms with Crippen molar-refractivity contribution in [1.82, 2.24) is 10.2 Å². The van der Waals surface area contributed by atoms with Crippen LogP contribution in [-0.4, -0.2) is 30.6 Å². The van der Waals surface area contributed by atoms with Crippen molar-refractivity contribution < 1.29 is 0 Å². The molecular weight excluding hydrogens is 268 g/mol. The quantitative estimate of drug-likeness (QED) is 0.882. The topological polar surface area (TPSA) is 15.3 Å². The summed E-state index contributed by atoms with van der Waals surface area (Å²) in [5.74, 6) is 0.953. The highest BCUT2D eigenvalue weighted by Crippen LogP contribution is 2.24. The van der Waals surface area contributed by atoms with Crippen molar-refractivity contribution in [2.24, 2.45) is 5.92 Å². The van der Waals surface area contributed by atoms with E-state index < -0.39 is 0 Å². The Morgan fingerprint density at radius 1 is 1.09 bits per heavy atom. The molecule has 0 amide bonds. The standard InChI is InChI=1S/C20H32N2/c1-16-9-10-17(2)19(12-16)14-22-11-5-8-20(15-22)21-13-18-6-3-4-7-18/h9-10,12,18,20-21H,3-8,11,13-15H2,1-2H3. The van der Waals surface area contributed by atoms with Gasteiger partial charge in [-0.25, -0.2) is 0 Å². The van der Waals surface area contributed by atoms with E-state index in [-0.39, 0.29) is 0 Å². The maximum Gasteiger partial charge on any atom is 0.0237 e. The molecule has 1 aliphatic heterocycles. The Kier molecular flexibility index (Phi) is 5.54. The molecule has 2 aliphatic rings. The van der Waals surface area contributed by atoms with Crippen LogP contribution in [0.2, 0.25) is 0 Å². The fourth-order valence-corrected chi connectivity index (χ4v) is 4.13. The Hall–Kier alpha value is -0.860. The number of piperidine rings is 1. The molecule has 1 heterocycles. The van der Waals surface area contributed by atoms with E-state index >= 15 is 0 Å². The summed E-state index contributed by atoms with van der Waals surface area (Å²) in [6.45, 7) is 9.30. The van der Waals surface area contributed by atoms with E-state index in [0.29, 0.717) is 6.04 Å². The Bertz CT molecular complexity index is 477. The minimum atomic E-state index is 0.708. The molecule has 0 radical (unpaired) electrons. The first-order valence-electron chi connectivity index (χ1n) is 9.22. The van der Waals surface area contributed by atoms with Crippen LogP contribution in [0.4, 0.5) is 0 Å². The summed E-state index contributed by atoms with van der Waals surface area (Å²) in [7, 11) is 0. The van der Waals surface area contributed by atoms with E-state index in [4.69, 9.17) is 0 Å². The van der Waals surface area contributed by atoms with Crippen LogP contribution in [0.15, 0.2) is 18.2 Å². The van der Waals surface area contributed by atoms with Gasteiger partial charge in [-0.05, 0) is 69.7 Å². The molecule has 1 aromatic carbocycles. The molecule has 1 saturated heterocycles. The lowest BCUT2D eigenvalue weighted by Crippen LogP contribution is -2.46. The molecule has 1 saturated carbocycles. The van der Waals surface area contributed by atoms with Gasteiger partial charge in [0.05, 0.1) is 0 Å². The maximum atomic E-state index is 3.86. The zero-order chi connectivity index (χ0) is 15.4. The molecule has 1 N–H and O–H groups in total. The van der Waals surface area contributed by atoms with Crippen LogP contribution in [-0.2, 0) is 6.54 Å². The van der Waals surface area contributed by atoms with E-state index in [9.17, 15) is 0 Å². The summed E-state index contributed by atoms with van der Waals surface area (Å²) in [6, 6.07) is 7.57. The zero-order valence-corrected chi connectivity index (χ0v) is 14.4. The number of likely N-dealkylation sites (tertiary alicyclic amines) is 1. The average molecular weight is 300 g/mol. The molecule has 0 aromatic heterocycles. The maximum absolute atomic E-state index is 3.86. The second-order valence-electron chi connectivity index (χ2n) is 7.56. The first-order valence-corrected chi connectivity index (χ1v) is 9.22. The zero-order valence-electron chi connectivity index (χ0n) is 14.4. The van der Waals surface area contributed by atoms with Gasteiger partial charge >= 0.3 is 0 Å². The normalized spacial score (nSPS) is 24.0. The van der Waals surface area contributed by atoms with Crippen LogP contribution < -0.4 is 5.32 Å². The Morgan fingerprint density at radius 2 is 1.91 bits per heavy atom. The number of aryl methyl sites for hydroxylation is 2. The Balaban J connectivity index is 1.50. The van der Waals surface area contributed by atoms with E-state index in [1.54, 1.807) is 0 Å². The summed E-state index contributed by atoms with van der Waals surface area (Å²) >= 11 is 0. The van der Waals surface area contributed by atoms with Gasteiger partial charge in [-0.15, -0.1) is 0 Å². The molecule has 0 spiro atoms. The van der Waals surface area contributed by atoms with Crippen molar-refractivity contribution in [3.05, 3.63) is 34.9 Å². The van der Waals surface area contributed by atoms with Gasteiger partial charge < -0.3 is 5.32 Å². The van der Waals surface area contributed by atoms with Gasteiger partial charge in [0.25, 0.3) is 0 Å². The van der Waals surface area contributed by atoms with Gasteiger partial charge in [-0.1, -0.05) is 36.6 Å². The predicted octanol–water partition coefficient (Wildman–Crippen LogP) is 4.05. The van der Waals surface area contributed by atoms with E-state index in [1.165, 1.54) is 74.8 Å². The van der Waals surface area contributed by atoms with Crippen molar-refractivity contribution in [1.29, 1.82) is 0 Å². The minimum absolute atomic E-state index is 0.708. The van der Waals surface area contributed by atoms with Gasteiger partial charge in [0.2, 0.25) is 0 Å². The minimum Gasteiger partial charge on any atom is -0.312 e. The van der Waals surface area contributed by atoms with E-state index in [2.05, 4.69) is 42.3 Å². The fraction of sp³-hybridized carbons (Fsp3) is 0.700. The highest BCUT2D eigenvalue weighted by Gasteiger charge is 2.22. The molecule has 0 bridgehead atoms. The smallest absolute Gasteiger partial charge is 0.0237 e.